The highest BCUT2D eigenvalue weighted by Gasteiger charge is 2.31. The fraction of sp³-hybridized carbons (Fsp3) is 0.884. The maximum absolute atomic E-state index is 12.7. The van der Waals surface area contributed by atoms with Crippen LogP contribution in [0.5, 0.6) is 0 Å². The summed E-state index contributed by atoms with van der Waals surface area (Å²) in [5.74, 6) is -1.47. The highest BCUT2D eigenvalue weighted by Crippen LogP contribution is 2.14. The van der Waals surface area contributed by atoms with Crippen molar-refractivity contribution in [1.82, 2.24) is 0 Å². The Morgan fingerprint density at radius 3 is 1.41 bits per heavy atom. The number of aliphatic carboxylic acids is 1. The van der Waals surface area contributed by atoms with Crippen LogP contribution < -0.4 is 0 Å². The van der Waals surface area contributed by atoms with E-state index in [2.05, 4.69) is 26.0 Å². The van der Waals surface area contributed by atoms with Crippen molar-refractivity contribution in [1.29, 1.82) is 0 Å². The van der Waals surface area contributed by atoms with Crippen molar-refractivity contribution in [2.45, 2.75) is 206 Å². The highest BCUT2D eigenvalue weighted by molar-refractivity contribution is 5.72. The lowest BCUT2D eigenvalue weighted by Gasteiger charge is -2.31. The fourth-order valence-electron chi connectivity index (χ4n) is 6.32. The van der Waals surface area contributed by atoms with E-state index in [-0.39, 0.29) is 36.2 Å². The van der Waals surface area contributed by atoms with Crippen LogP contribution in [-0.4, -0.2) is 80.6 Å². The normalized spacial score (nSPS) is 13.0. The molecule has 8 nitrogen and oxygen atoms in total. The Labute approximate surface area is 314 Å². The Morgan fingerprint density at radius 2 is 0.980 bits per heavy atom. The van der Waals surface area contributed by atoms with E-state index in [0.29, 0.717) is 19.3 Å². The molecule has 0 radical (unpaired) electrons. The van der Waals surface area contributed by atoms with Crippen molar-refractivity contribution < 1.29 is 38.2 Å². The van der Waals surface area contributed by atoms with Gasteiger partial charge in [0.25, 0.3) is 0 Å². The lowest BCUT2D eigenvalue weighted by molar-refractivity contribution is -0.887. The maximum Gasteiger partial charge on any atom is 0.362 e. The van der Waals surface area contributed by atoms with E-state index >= 15 is 0 Å². The van der Waals surface area contributed by atoms with Crippen LogP contribution in [0.2, 0.25) is 0 Å². The van der Waals surface area contributed by atoms with Gasteiger partial charge >= 0.3 is 17.9 Å². The third-order valence-corrected chi connectivity index (χ3v) is 9.66. The van der Waals surface area contributed by atoms with Crippen LogP contribution in [0, 0.1) is 0 Å². The summed E-state index contributed by atoms with van der Waals surface area (Å²) in [6, 6.07) is -0.609. The molecular formula is C43H82NO7+. The summed E-state index contributed by atoms with van der Waals surface area (Å²) >= 11 is 0. The number of nitrogens with zero attached hydrogens (tertiary/aromatic N) is 1. The van der Waals surface area contributed by atoms with E-state index in [1.165, 1.54) is 122 Å². The monoisotopic (exact) mass is 725 g/mol. The molecule has 0 aliphatic rings. The Bertz CT molecular complexity index is 854. The van der Waals surface area contributed by atoms with Crippen molar-refractivity contribution in [3.63, 3.8) is 0 Å². The molecule has 0 heterocycles. The molecule has 1 N–H and O–H groups in total. The van der Waals surface area contributed by atoms with Gasteiger partial charge in [-0.3, -0.25) is 9.59 Å². The van der Waals surface area contributed by atoms with Crippen LogP contribution in [0.1, 0.15) is 194 Å². The lowest BCUT2D eigenvalue weighted by atomic mass is 10.1. The van der Waals surface area contributed by atoms with Crippen LogP contribution in [-0.2, 0) is 28.6 Å². The van der Waals surface area contributed by atoms with Crippen molar-refractivity contribution in [3.05, 3.63) is 12.2 Å². The molecular weight excluding hydrogens is 642 g/mol. The molecule has 2 atom stereocenters. The average Bonchev–Trinajstić information content (AvgIpc) is 3.08. The number of carboxylic acid groups (broad SMARTS) is 1. The topological polar surface area (TPSA) is 99.1 Å². The smallest absolute Gasteiger partial charge is 0.362 e. The largest absolute Gasteiger partial charge is 0.477 e. The molecule has 51 heavy (non-hydrogen) atoms. The zero-order chi connectivity index (χ0) is 37.8. The molecule has 0 bridgehead atoms. The lowest BCUT2D eigenvalue weighted by Crippen LogP contribution is -2.50. The third kappa shape index (κ3) is 33.6. The molecule has 0 saturated carbocycles. The summed E-state index contributed by atoms with van der Waals surface area (Å²) in [4.78, 5) is 36.7. The number of carbonyl (C=O) groups is 3. The van der Waals surface area contributed by atoms with E-state index in [0.717, 1.165) is 38.5 Å². The van der Waals surface area contributed by atoms with E-state index < -0.39 is 18.1 Å². The van der Waals surface area contributed by atoms with Gasteiger partial charge in [-0.1, -0.05) is 148 Å². The molecule has 0 aromatic heterocycles. The van der Waals surface area contributed by atoms with Crippen molar-refractivity contribution in [2.24, 2.45) is 0 Å². The molecule has 0 aromatic rings. The Hall–Kier alpha value is -1.93. The number of carboxylic acids is 1. The molecule has 0 aliphatic heterocycles. The minimum absolute atomic E-state index is 0.0484. The van der Waals surface area contributed by atoms with Gasteiger partial charge in [0.1, 0.15) is 6.61 Å². The molecule has 8 heteroatoms. The Kier molecular flexibility index (Phi) is 33.8. The number of hydrogen-bond donors (Lipinski definition) is 1. The number of likely N-dealkylation sites (N-methyl/N-ethyl adjacent to an activating group) is 1. The predicted octanol–water partition coefficient (Wildman–Crippen LogP) is 11.1. The average molecular weight is 725 g/mol. The van der Waals surface area contributed by atoms with Gasteiger partial charge in [-0.25, -0.2) is 4.79 Å². The Morgan fingerprint density at radius 1 is 0.569 bits per heavy atom. The quantitative estimate of drug-likeness (QED) is 0.0293. The number of allylic oxidation sites excluding steroid dienone is 2. The van der Waals surface area contributed by atoms with Gasteiger partial charge in [-0.05, 0) is 38.5 Å². The number of carbonyl (C=O) groups excluding carboxylic acids is 2. The number of ether oxygens (including phenoxy) is 3. The number of hydrogen-bond acceptors (Lipinski definition) is 6. The van der Waals surface area contributed by atoms with Gasteiger partial charge < -0.3 is 23.8 Å². The molecule has 0 aliphatic carbocycles. The van der Waals surface area contributed by atoms with Gasteiger partial charge in [0.2, 0.25) is 0 Å². The zero-order valence-electron chi connectivity index (χ0n) is 34.1. The van der Waals surface area contributed by atoms with E-state index in [1.54, 1.807) is 0 Å². The molecule has 0 rings (SSSR count). The molecule has 0 amide bonds. The highest BCUT2D eigenvalue weighted by atomic mass is 16.6. The van der Waals surface area contributed by atoms with Crippen LogP contribution in [0.4, 0.5) is 0 Å². The standard InChI is InChI=1S/C43H81NO7/c1-6-8-10-12-14-15-16-17-18-19-20-21-22-23-24-25-26-28-30-32-34-42(46)51-39(37-49-36-35-40(43(47)48)44(3,4)5)38-50-41(45)33-31-29-27-13-11-9-7-2/h20-21,39-40H,6-19,22-38H2,1-5H3/p+1/b21-20+. The maximum atomic E-state index is 12.7. The van der Waals surface area contributed by atoms with Gasteiger partial charge in [-0.15, -0.1) is 0 Å². The molecule has 0 fully saturated rings. The van der Waals surface area contributed by atoms with Crippen molar-refractivity contribution in [2.75, 3.05) is 41.0 Å². The number of rotatable bonds is 38. The summed E-state index contributed by atoms with van der Waals surface area (Å²) in [7, 11) is 5.52. The van der Waals surface area contributed by atoms with Crippen LogP contribution >= 0.6 is 0 Å². The number of unbranched alkanes of at least 4 members (excludes halogenated alkanes) is 22. The predicted molar refractivity (Wildman–Crippen MR) is 211 cm³/mol. The molecule has 300 valence electrons. The van der Waals surface area contributed by atoms with E-state index in [1.807, 2.05) is 21.1 Å². The molecule has 0 spiro atoms. The molecule has 0 aromatic carbocycles. The second kappa shape index (κ2) is 35.1. The second-order valence-corrected chi connectivity index (χ2v) is 15.6. The minimum Gasteiger partial charge on any atom is -0.477 e. The fourth-order valence-corrected chi connectivity index (χ4v) is 6.32. The summed E-state index contributed by atoms with van der Waals surface area (Å²) < 4.78 is 17.2. The van der Waals surface area contributed by atoms with Crippen LogP contribution in [0.15, 0.2) is 12.2 Å². The van der Waals surface area contributed by atoms with Gasteiger partial charge in [0, 0.05) is 19.3 Å². The van der Waals surface area contributed by atoms with Gasteiger partial charge in [0.05, 0.1) is 34.4 Å². The van der Waals surface area contributed by atoms with E-state index in [9.17, 15) is 19.5 Å². The van der Waals surface area contributed by atoms with Crippen LogP contribution in [0.25, 0.3) is 0 Å². The molecule has 2 unspecified atom stereocenters. The first-order valence-electron chi connectivity index (χ1n) is 21.2. The summed E-state index contributed by atoms with van der Waals surface area (Å²) in [6.07, 6.45) is 35.6. The summed E-state index contributed by atoms with van der Waals surface area (Å²) in [5, 5.41) is 9.58. The summed E-state index contributed by atoms with van der Waals surface area (Å²) in [6.45, 7) is 4.70. The van der Waals surface area contributed by atoms with Crippen molar-refractivity contribution in [3.8, 4) is 0 Å². The first kappa shape index (κ1) is 49.1. The first-order valence-corrected chi connectivity index (χ1v) is 21.2. The van der Waals surface area contributed by atoms with Gasteiger partial charge in [0.15, 0.2) is 12.1 Å². The third-order valence-electron chi connectivity index (χ3n) is 9.66. The number of esters is 2. The molecule has 0 saturated heterocycles. The second-order valence-electron chi connectivity index (χ2n) is 15.6. The first-order chi connectivity index (χ1) is 24.6. The van der Waals surface area contributed by atoms with Crippen molar-refractivity contribution >= 4 is 17.9 Å². The van der Waals surface area contributed by atoms with Gasteiger partial charge in [-0.2, -0.15) is 0 Å². The van der Waals surface area contributed by atoms with E-state index in [4.69, 9.17) is 14.2 Å². The summed E-state index contributed by atoms with van der Waals surface area (Å²) in [5.41, 5.74) is 0. The minimum atomic E-state index is -0.875. The Balaban J connectivity index is 4.21. The SMILES string of the molecule is CCCCCCCCCCC/C=C/CCCCCCCCCC(=O)OC(COCCC(C(=O)O)[N+](C)(C)C)COC(=O)CCCCCCCCC. The van der Waals surface area contributed by atoms with Crippen LogP contribution in [0.3, 0.4) is 0 Å². The zero-order valence-corrected chi connectivity index (χ0v) is 34.1. The number of quaternary nitrogens is 1.